The second kappa shape index (κ2) is 9.20. The summed E-state index contributed by atoms with van der Waals surface area (Å²) in [6.45, 7) is 1.15. The van der Waals surface area contributed by atoms with Crippen molar-refractivity contribution < 1.29 is 9.84 Å². The summed E-state index contributed by atoms with van der Waals surface area (Å²) in [5, 5.41) is 13.3. The highest BCUT2D eigenvalue weighted by atomic mass is 35.5. The number of hydrogen-bond donors (Lipinski definition) is 2. The summed E-state index contributed by atoms with van der Waals surface area (Å²) in [5.74, 6) is 0.525. The number of ether oxygens (including phenoxy) is 1. The fourth-order valence-electron chi connectivity index (χ4n) is 2.85. The smallest absolute Gasteiger partial charge is 0.218 e. The summed E-state index contributed by atoms with van der Waals surface area (Å²) < 4.78 is 5.43. The zero-order valence-electron chi connectivity index (χ0n) is 14.9. The van der Waals surface area contributed by atoms with Gasteiger partial charge in [-0.2, -0.15) is 0 Å². The number of pyridine rings is 1. The topological polar surface area (TPSA) is 54.4 Å². The number of aliphatic hydroxyl groups is 1. The van der Waals surface area contributed by atoms with E-state index in [0.717, 1.165) is 27.9 Å². The number of rotatable bonds is 7. The SMILES string of the molecule is COc1nc(-c2cccc(-c3ccccc3Cl)c2Cl)ccc1CNCCO. The van der Waals surface area contributed by atoms with Gasteiger partial charge in [0.25, 0.3) is 0 Å². The molecular formula is C21H20Cl2N2O2. The minimum absolute atomic E-state index is 0.0816. The standard InChI is InChI=1S/C21H20Cl2N2O2/c1-27-21-14(13-24-11-12-26)9-10-19(25-21)17-7-4-6-16(20(17)23)15-5-2-3-8-18(15)22/h2-10,24,26H,11-13H2,1H3. The molecule has 1 heterocycles. The lowest BCUT2D eigenvalue weighted by molar-refractivity contribution is 0.291. The zero-order chi connectivity index (χ0) is 19.2. The van der Waals surface area contributed by atoms with Crippen molar-refractivity contribution >= 4 is 23.2 Å². The predicted octanol–water partition coefficient (Wildman–Crippen LogP) is 4.81. The van der Waals surface area contributed by atoms with Crippen LogP contribution >= 0.6 is 23.2 Å². The summed E-state index contributed by atoms with van der Waals surface area (Å²) in [4.78, 5) is 4.62. The van der Waals surface area contributed by atoms with Crippen LogP contribution in [-0.4, -0.2) is 30.4 Å². The van der Waals surface area contributed by atoms with Gasteiger partial charge in [-0.15, -0.1) is 0 Å². The summed E-state index contributed by atoms with van der Waals surface area (Å²) in [6, 6.07) is 17.3. The Morgan fingerprint density at radius 1 is 0.963 bits per heavy atom. The molecule has 3 aromatic rings. The first-order valence-corrected chi connectivity index (χ1v) is 9.30. The molecule has 2 aromatic carbocycles. The Labute approximate surface area is 168 Å². The largest absolute Gasteiger partial charge is 0.481 e. The van der Waals surface area contributed by atoms with Gasteiger partial charge in [-0.05, 0) is 12.1 Å². The van der Waals surface area contributed by atoms with Crippen molar-refractivity contribution in [1.82, 2.24) is 10.3 Å². The maximum absolute atomic E-state index is 8.90. The fourth-order valence-corrected chi connectivity index (χ4v) is 3.41. The number of nitrogens with one attached hydrogen (secondary N) is 1. The number of aliphatic hydroxyl groups excluding tert-OH is 1. The normalized spacial score (nSPS) is 10.8. The highest BCUT2D eigenvalue weighted by molar-refractivity contribution is 6.38. The minimum Gasteiger partial charge on any atom is -0.481 e. The van der Waals surface area contributed by atoms with E-state index in [1.807, 2.05) is 54.6 Å². The van der Waals surface area contributed by atoms with Crippen molar-refractivity contribution in [2.45, 2.75) is 6.54 Å². The number of methoxy groups -OCH3 is 1. The molecule has 0 aliphatic rings. The van der Waals surface area contributed by atoms with Gasteiger partial charge in [-0.25, -0.2) is 4.98 Å². The molecule has 0 radical (unpaired) electrons. The number of benzene rings is 2. The molecule has 2 N–H and O–H groups in total. The van der Waals surface area contributed by atoms with Crippen molar-refractivity contribution in [2.75, 3.05) is 20.3 Å². The molecule has 0 fully saturated rings. The third kappa shape index (κ3) is 4.42. The van der Waals surface area contributed by atoms with Crippen LogP contribution in [0, 0.1) is 0 Å². The summed E-state index contributed by atoms with van der Waals surface area (Å²) in [6.07, 6.45) is 0. The van der Waals surface area contributed by atoms with Crippen LogP contribution in [0.15, 0.2) is 54.6 Å². The highest BCUT2D eigenvalue weighted by Crippen LogP contribution is 2.39. The van der Waals surface area contributed by atoms with Gasteiger partial charge in [-0.1, -0.05) is 65.7 Å². The van der Waals surface area contributed by atoms with E-state index in [1.54, 1.807) is 7.11 Å². The van der Waals surface area contributed by atoms with Gasteiger partial charge in [0.2, 0.25) is 5.88 Å². The fraction of sp³-hybridized carbons (Fsp3) is 0.190. The van der Waals surface area contributed by atoms with Gasteiger partial charge >= 0.3 is 0 Å². The lowest BCUT2D eigenvalue weighted by Gasteiger charge is -2.13. The van der Waals surface area contributed by atoms with Gasteiger partial charge in [0.15, 0.2) is 0 Å². The molecule has 0 spiro atoms. The van der Waals surface area contributed by atoms with Crippen LogP contribution in [0.25, 0.3) is 22.4 Å². The molecule has 27 heavy (non-hydrogen) atoms. The Morgan fingerprint density at radius 2 is 1.70 bits per heavy atom. The van der Waals surface area contributed by atoms with Gasteiger partial charge in [0.1, 0.15) is 0 Å². The monoisotopic (exact) mass is 402 g/mol. The van der Waals surface area contributed by atoms with Gasteiger partial charge in [0, 0.05) is 40.4 Å². The Hall–Kier alpha value is -2.11. The molecule has 6 heteroatoms. The van der Waals surface area contributed by atoms with E-state index in [9.17, 15) is 0 Å². The highest BCUT2D eigenvalue weighted by Gasteiger charge is 2.14. The molecule has 0 bridgehead atoms. The molecule has 0 amide bonds. The van der Waals surface area contributed by atoms with Crippen molar-refractivity contribution in [1.29, 1.82) is 0 Å². The zero-order valence-corrected chi connectivity index (χ0v) is 16.4. The molecule has 1 aromatic heterocycles. The van der Waals surface area contributed by atoms with E-state index in [4.69, 9.17) is 33.0 Å². The van der Waals surface area contributed by atoms with Crippen LogP contribution in [0.1, 0.15) is 5.56 Å². The molecule has 0 saturated heterocycles. The van der Waals surface area contributed by atoms with E-state index in [1.165, 1.54) is 0 Å². The summed E-state index contributed by atoms with van der Waals surface area (Å²) in [5.41, 5.74) is 4.17. The molecule has 0 atom stereocenters. The summed E-state index contributed by atoms with van der Waals surface area (Å²) >= 11 is 13.0. The van der Waals surface area contributed by atoms with Crippen LogP contribution in [-0.2, 0) is 6.54 Å². The average molecular weight is 403 g/mol. The molecule has 0 aliphatic heterocycles. The van der Waals surface area contributed by atoms with Crippen molar-refractivity contribution in [2.24, 2.45) is 0 Å². The lowest BCUT2D eigenvalue weighted by atomic mass is 10.0. The first-order chi connectivity index (χ1) is 13.2. The second-order valence-corrected chi connectivity index (χ2v) is 6.70. The molecule has 0 unspecified atom stereocenters. The molecule has 0 saturated carbocycles. The van der Waals surface area contributed by atoms with Gasteiger partial charge < -0.3 is 15.2 Å². The van der Waals surface area contributed by atoms with E-state index in [2.05, 4.69) is 10.3 Å². The quantitative estimate of drug-likeness (QED) is 0.556. The van der Waals surface area contributed by atoms with E-state index >= 15 is 0 Å². The van der Waals surface area contributed by atoms with E-state index < -0.39 is 0 Å². The maximum atomic E-state index is 8.90. The van der Waals surface area contributed by atoms with Crippen molar-refractivity contribution in [3.8, 4) is 28.3 Å². The van der Waals surface area contributed by atoms with Crippen LogP contribution in [0.2, 0.25) is 10.0 Å². The van der Waals surface area contributed by atoms with Crippen LogP contribution in [0.3, 0.4) is 0 Å². The molecule has 4 nitrogen and oxygen atoms in total. The Kier molecular flexibility index (Phi) is 6.69. The van der Waals surface area contributed by atoms with Crippen LogP contribution in [0.5, 0.6) is 5.88 Å². The first kappa shape index (κ1) is 19.6. The minimum atomic E-state index is 0.0816. The third-order valence-corrected chi connectivity index (χ3v) is 4.91. The average Bonchev–Trinajstić information content (AvgIpc) is 2.69. The Balaban J connectivity index is 2.00. The first-order valence-electron chi connectivity index (χ1n) is 8.55. The van der Waals surface area contributed by atoms with E-state index in [-0.39, 0.29) is 6.61 Å². The van der Waals surface area contributed by atoms with Crippen LogP contribution < -0.4 is 10.1 Å². The van der Waals surface area contributed by atoms with Crippen molar-refractivity contribution in [3.05, 3.63) is 70.2 Å². The number of aromatic nitrogens is 1. The van der Waals surface area contributed by atoms with Crippen LogP contribution in [0.4, 0.5) is 0 Å². The third-order valence-electron chi connectivity index (χ3n) is 4.18. The number of nitrogens with zero attached hydrogens (tertiary/aromatic N) is 1. The number of halogens is 2. The van der Waals surface area contributed by atoms with Gasteiger partial charge in [-0.3, -0.25) is 0 Å². The van der Waals surface area contributed by atoms with Gasteiger partial charge in [0.05, 0.1) is 24.4 Å². The Bertz CT molecular complexity index is 932. The Morgan fingerprint density at radius 3 is 2.44 bits per heavy atom. The summed E-state index contributed by atoms with van der Waals surface area (Å²) in [7, 11) is 1.59. The predicted molar refractivity (Wildman–Crippen MR) is 110 cm³/mol. The second-order valence-electron chi connectivity index (χ2n) is 5.91. The molecule has 3 rings (SSSR count). The van der Waals surface area contributed by atoms with E-state index in [0.29, 0.717) is 29.0 Å². The molecule has 140 valence electrons. The van der Waals surface area contributed by atoms with Crippen molar-refractivity contribution in [3.63, 3.8) is 0 Å². The number of hydrogen-bond acceptors (Lipinski definition) is 4. The lowest BCUT2D eigenvalue weighted by Crippen LogP contribution is -2.18. The molecular weight excluding hydrogens is 383 g/mol. The molecule has 0 aliphatic carbocycles. The maximum Gasteiger partial charge on any atom is 0.218 e.